The molecule has 3 heteroatoms. The summed E-state index contributed by atoms with van der Waals surface area (Å²) in [6.45, 7) is 3.09. The van der Waals surface area contributed by atoms with Crippen molar-refractivity contribution in [2.75, 3.05) is 6.61 Å². The Morgan fingerprint density at radius 3 is 2.75 bits per heavy atom. The molecule has 0 aromatic heterocycles. The van der Waals surface area contributed by atoms with E-state index in [9.17, 15) is 4.79 Å². The minimum Gasteiger partial charge on any atom is -0.468 e. The first-order valence-corrected chi connectivity index (χ1v) is 4.62. The van der Waals surface area contributed by atoms with Crippen LogP contribution in [-0.4, -0.2) is 19.1 Å². The third-order valence-corrected chi connectivity index (χ3v) is 1.85. The lowest BCUT2D eigenvalue weighted by Crippen LogP contribution is -2.21. The molecule has 72 valence electrons. The second kappa shape index (κ2) is 8.53. The van der Waals surface area contributed by atoms with Gasteiger partial charge in [0.2, 0.25) is 0 Å². The Bertz CT molecular complexity index is 107. The number of nitrogens with two attached hydrogens (primary N) is 1. The second-order valence-corrected chi connectivity index (χ2v) is 3.01. The molecule has 0 aromatic rings. The van der Waals surface area contributed by atoms with Crippen LogP contribution in [-0.2, 0) is 9.53 Å². The van der Waals surface area contributed by atoms with E-state index in [0.29, 0.717) is 13.1 Å². The van der Waals surface area contributed by atoms with Crippen LogP contribution < -0.4 is 5.73 Å². The van der Waals surface area contributed by atoms with Crippen molar-refractivity contribution in [1.82, 2.24) is 0 Å². The maximum atomic E-state index is 9.78. The highest BCUT2D eigenvalue weighted by Crippen LogP contribution is 2.03. The fraction of sp³-hybridized carbons (Fsp3) is 0.889. The van der Waals surface area contributed by atoms with E-state index in [1.165, 1.54) is 19.3 Å². The van der Waals surface area contributed by atoms with Gasteiger partial charge in [0.25, 0.3) is 6.47 Å². The molecule has 0 fully saturated rings. The van der Waals surface area contributed by atoms with Gasteiger partial charge < -0.3 is 10.5 Å². The Labute approximate surface area is 74.3 Å². The largest absolute Gasteiger partial charge is 0.468 e. The Balaban J connectivity index is 3.09. The summed E-state index contributed by atoms with van der Waals surface area (Å²) in [6, 6.07) is 0.191. The van der Waals surface area contributed by atoms with Crippen molar-refractivity contribution >= 4 is 6.47 Å². The first kappa shape index (κ1) is 11.4. The smallest absolute Gasteiger partial charge is 0.293 e. The number of hydrogen-bond acceptors (Lipinski definition) is 3. The number of rotatable bonds is 8. The van der Waals surface area contributed by atoms with Crippen LogP contribution in [0.2, 0.25) is 0 Å². The Morgan fingerprint density at radius 1 is 1.42 bits per heavy atom. The number of unbranched alkanes of at least 4 members (excludes halogenated alkanes) is 2. The monoisotopic (exact) mass is 173 g/mol. The normalized spacial score (nSPS) is 12.5. The predicted molar refractivity (Wildman–Crippen MR) is 48.8 cm³/mol. The van der Waals surface area contributed by atoms with E-state index in [1.807, 2.05) is 0 Å². The van der Waals surface area contributed by atoms with E-state index >= 15 is 0 Å². The number of carbonyl (C=O) groups is 1. The molecule has 12 heavy (non-hydrogen) atoms. The van der Waals surface area contributed by atoms with Gasteiger partial charge in [0.05, 0.1) is 6.61 Å². The van der Waals surface area contributed by atoms with Gasteiger partial charge in [-0.1, -0.05) is 26.2 Å². The van der Waals surface area contributed by atoms with Crippen molar-refractivity contribution in [3.05, 3.63) is 0 Å². The maximum absolute atomic E-state index is 9.78. The van der Waals surface area contributed by atoms with Gasteiger partial charge in [-0.2, -0.15) is 0 Å². The van der Waals surface area contributed by atoms with Crippen LogP contribution in [0.3, 0.4) is 0 Å². The van der Waals surface area contributed by atoms with Gasteiger partial charge in [-0.3, -0.25) is 4.79 Å². The first-order valence-electron chi connectivity index (χ1n) is 4.62. The molecule has 0 heterocycles. The summed E-state index contributed by atoms with van der Waals surface area (Å²) in [6.07, 6.45) is 5.46. The quantitative estimate of drug-likeness (QED) is 0.446. The molecule has 3 nitrogen and oxygen atoms in total. The zero-order valence-electron chi connectivity index (χ0n) is 7.79. The lowest BCUT2D eigenvalue weighted by molar-refractivity contribution is -0.128. The van der Waals surface area contributed by atoms with Gasteiger partial charge in [0, 0.05) is 6.04 Å². The molecule has 1 unspecified atom stereocenters. The fourth-order valence-electron chi connectivity index (χ4n) is 1.07. The molecule has 2 N–H and O–H groups in total. The third-order valence-electron chi connectivity index (χ3n) is 1.85. The van der Waals surface area contributed by atoms with Gasteiger partial charge in [-0.05, 0) is 12.8 Å². The van der Waals surface area contributed by atoms with E-state index in [4.69, 9.17) is 5.73 Å². The molecule has 0 aromatic carbocycles. The Hall–Kier alpha value is -0.570. The number of hydrogen-bond donors (Lipinski definition) is 1. The van der Waals surface area contributed by atoms with Crippen molar-refractivity contribution in [3.63, 3.8) is 0 Å². The van der Waals surface area contributed by atoms with Crippen LogP contribution in [0.15, 0.2) is 0 Å². The standard InChI is InChI=1S/C9H19NO2/c1-2-3-4-5-9(10)6-7-12-8-11/h8-9H,2-7,10H2,1H3. The highest BCUT2D eigenvalue weighted by atomic mass is 16.5. The molecule has 0 bridgehead atoms. The highest BCUT2D eigenvalue weighted by molar-refractivity contribution is 5.36. The molecule has 0 amide bonds. The summed E-state index contributed by atoms with van der Waals surface area (Å²) in [5, 5.41) is 0. The number of carbonyl (C=O) groups excluding carboxylic acids is 1. The molecule has 0 aliphatic rings. The van der Waals surface area contributed by atoms with Crippen molar-refractivity contribution in [2.24, 2.45) is 5.73 Å². The minimum absolute atomic E-state index is 0.191. The van der Waals surface area contributed by atoms with E-state index in [1.54, 1.807) is 0 Å². The van der Waals surface area contributed by atoms with E-state index < -0.39 is 0 Å². The summed E-state index contributed by atoms with van der Waals surface area (Å²) < 4.78 is 4.55. The SMILES string of the molecule is CCCCCC(N)CCOC=O. The summed E-state index contributed by atoms with van der Waals surface area (Å²) in [5.41, 5.74) is 5.76. The number of ether oxygens (including phenoxy) is 1. The van der Waals surface area contributed by atoms with E-state index in [0.717, 1.165) is 12.8 Å². The van der Waals surface area contributed by atoms with Crippen LogP contribution in [0.4, 0.5) is 0 Å². The van der Waals surface area contributed by atoms with Gasteiger partial charge in [-0.25, -0.2) is 0 Å². The zero-order valence-corrected chi connectivity index (χ0v) is 7.79. The summed E-state index contributed by atoms with van der Waals surface area (Å²) >= 11 is 0. The van der Waals surface area contributed by atoms with Gasteiger partial charge in [0.1, 0.15) is 0 Å². The predicted octanol–water partition coefficient (Wildman–Crippen LogP) is 1.46. The van der Waals surface area contributed by atoms with Crippen LogP contribution in [0.25, 0.3) is 0 Å². The van der Waals surface area contributed by atoms with Crippen LogP contribution in [0.1, 0.15) is 39.0 Å². The van der Waals surface area contributed by atoms with Gasteiger partial charge in [-0.15, -0.1) is 0 Å². The fourth-order valence-corrected chi connectivity index (χ4v) is 1.07. The van der Waals surface area contributed by atoms with E-state index in [2.05, 4.69) is 11.7 Å². The highest BCUT2D eigenvalue weighted by Gasteiger charge is 2.01. The van der Waals surface area contributed by atoms with Crippen molar-refractivity contribution < 1.29 is 9.53 Å². The molecular formula is C9H19NO2. The second-order valence-electron chi connectivity index (χ2n) is 3.01. The minimum atomic E-state index is 0.191. The molecule has 0 saturated carbocycles. The summed E-state index contributed by atoms with van der Waals surface area (Å²) in [5.74, 6) is 0. The maximum Gasteiger partial charge on any atom is 0.293 e. The lowest BCUT2D eigenvalue weighted by Gasteiger charge is -2.09. The zero-order chi connectivity index (χ0) is 9.23. The molecule has 0 aliphatic heterocycles. The molecule has 0 spiro atoms. The third kappa shape index (κ3) is 7.54. The first-order chi connectivity index (χ1) is 5.81. The molecular weight excluding hydrogens is 154 g/mol. The Kier molecular flexibility index (Phi) is 8.12. The van der Waals surface area contributed by atoms with Gasteiger partial charge >= 0.3 is 0 Å². The Morgan fingerprint density at radius 2 is 2.17 bits per heavy atom. The average molecular weight is 173 g/mol. The molecule has 0 rings (SSSR count). The van der Waals surface area contributed by atoms with Gasteiger partial charge in [0.15, 0.2) is 0 Å². The van der Waals surface area contributed by atoms with E-state index in [-0.39, 0.29) is 6.04 Å². The van der Waals surface area contributed by atoms with Crippen molar-refractivity contribution in [3.8, 4) is 0 Å². The topological polar surface area (TPSA) is 52.3 Å². The van der Waals surface area contributed by atoms with Crippen molar-refractivity contribution in [2.45, 2.75) is 45.1 Å². The molecule has 1 atom stereocenters. The molecule has 0 radical (unpaired) electrons. The summed E-state index contributed by atoms with van der Waals surface area (Å²) in [7, 11) is 0. The van der Waals surface area contributed by atoms with Crippen LogP contribution >= 0.6 is 0 Å². The molecule has 0 aliphatic carbocycles. The molecule has 0 saturated heterocycles. The summed E-state index contributed by atoms with van der Waals surface area (Å²) in [4.78, 5) is 9.78. The average Bonchev–Trinajstić information content (AvgIpc) is 2.06. The lowest BCUT2D eigenvalue weighted by atomic mass is 10.1. The van der Waals surface area contributed by atoms with Crippen LogP contribution in [0, 0.1) is 0 Å². The van der Waals surface area contributed by atoms with Crippen molar-refractivity contribution in [1.29, 1.82) is 0 Å². The van der Waals surface area contributed by atoms with Crippen LogP contribution in [0.5, 0.6) is 0 Å².